The molecular weight excluding hydrogens is 746 g/mol. The van der Waals surface area contributed by atoms with Crippen molar-refractivity contribution in [3.05, 3.63) is 103 Å². The first kappa shape index (κ1) is 35.2. The van der Waals surface area contributed by atoms with Gasteiger partial charge in [-0.15, -0.1) is 0 Å². The summed E-state index contributed by atoms with van der Waals surface area (Å²) in [4.78, 5) is 31.9. The van der Waals surface area contributed by atoms with Crippen LogP contribution in [0.2, 0.25) is 0 Å². The average Bonchev–Trinajstić information content (AvgIpc) is 3.68. The van der Waals surface area contributed by atoms with Crippen molar-refractivity contribution in [3.63, 3.8) is 0 Å². The highest BCUT2D eigenvalue weighted by Gasteiger charge is 2.28. The molecule has 10 nitrogen and oxygen atoms in total. The minimum atomic E-state index is -4.40. The predicted octanol–water partition coefficient (Wildman–Crippen LogP) is 8.59. The lowest BCUT2D eigenvalue weighted by Crippen LogP contribution is -2.19. The Morgan fingerprint density at radius 2 is 1.14 bits per heavy atom. The number of pyridine rings is 6. The lowest BCUT2D eigenvalue weighted by molar-refractivity contribution is -0.159. The number of rotatable bonds is 4. The Morgan fingerprint density at radius 1 is 0.627 bits per heavy atom. The third-order valence-electron chi connectivity index (χ3n) is 7.11. The first-order chi connectivity index (χ1) is 24.4. The van der Waals surface area contributed by atoms with Gasteiger partial charge in [-0.3, -0.25) is 19.9 Å². The number of nitrogens with one attached hydrogen (secondary N) is 2. The molecule has 0 aliphatic carbocycles. The minimum absolute atomic E-state index is 0.0606. The van der Waals surface area contributed by atoms with Crippen molar-refractivity contribution < 1.29 is 36.2 Å². The number of aliphatic hydroxyl groups is 1. The van der Waals surface area contributed by atoms with Crippen molar-refractivity contribution in [1.82, 2.24) is 39.9 Å². The topological polar surface area (TPSA) is 138 Å². The number of alkyl halides is 6. The van der Waals surface area contributed by atoms with Crippen LogP contribution in [0.15, 0.2) is 103 Å². The van der Waals surface area contributed by atoms with E-state index < -0.39 is 25.6 Å². The molecule has 8 aromatic rings. The Hall–Kier alpha value is -5.68. The summed E-state index contributed by atoms with van der Waals surface area (Å²) < 4.78 is 74.3. The highest BCUT2D eigenvalue weighted by Crippen LogP contribution is 2.31. The summed E-state index contributed by atoms with van der Waals surface area (Å²) in [7, 11) is 0. The smallest absolute Gasteiger partial charge is 0.422 e. The summed E-state index contributed by atoms with van der Waals surface area (Å²) >= 11 is 3.46. The van der Waals surface area contributed by atoms with Crippen LogP contribution in [-0.2, 0) is 0 Å². The molecule has 0 atom stereocenters. The number of nitrogens with zero attached hydrogens (tertiary/aromatic N) is 6. The summed E-state index contributed by atoms with van der Waals surface area (Å²) in [6.07, 6.45) is 4.69. The Labute approximate surface area is 291 Å². The molecule has 3 N–H and O–H groups in total. The molecule has 0 spiro atoms. The van der Waals surface area contributed by atoms with Crippen molar-refractivity contribution in [2.45, 2.75) is 12.4 Å². The number of hydrogen-bond acceptors (Lipinski definition) is 8. The summed E-state index contributed by atoms with van der Waals surface area (Å²) in [6.45, 7) is -3.09. The van der Waals surface area contributed by atoms with Gasteiger partial charge in [-0.2, -0.15) is 26.3 Å². The summed E-state index contributed by atoms with van der Waals surface area (Å²) in [5.74, 6) is 0.0606. The Bertz CT molecular complexity index is 2420. The van der Waals surface area contributed by atoms with E-state index in [1.54, 1.807) is 43.1 Å². The first-order valence-electron chi connectivity index (χ1n) is 14.8. The molecule has 0 saturated heterocycles. The standard InChI is InChI=1S/C17H11F3N4O.C15H9BrN4.C2H3F3O/c18-17(19,20)9-25-11-4-13-12-5-14(10-2-1-3-21-6-10)22-8-15(12)24-16(13)23-7-11;16-10-4-12-11-5-13(9-2-1-3-17-6-9)18-8-14(11)20-15(12)19-7-10;3-2(4,5)1-6/h1-8H,9H2,(H,23,24);1-8H,(H,19,20);6H,1H2. The third-order valence-corrected chi connectivity index (χ3v) is 7.54. The van der Waals surface area contributed by atoms with Crippen molar-refractivity contribution >= 4 is 59.8 Å². The molecule has 0 unspecified atom stereocenters. The summed E-state index contributed by atoms with van der Waals surface area (Å²) in [5.41, 5.74) is 6.62. The van der Waals surface area contributed by atoms with Gasteiger partial charge < -0.3 is 19.8 Å². The van der Waals surface area contributed by atoms with Crippen LogP contribution in [0.5, 0.6) is 5.75 Å². The monoisotopic (exact) mass is 768 g/mol. The van der Waals surface area contributed by atoms with Gasteiger partial charge in [0, 0.05) is 68.1 Å². The highest BCUT2D eigenvalue weighted by atomic mass is 79.9. The number of aliphatic hydroxyl groups excluding tert-OH is 1. The molecule has 17 heteroatoms. The maximum absolute atomic E-state index is 12.3. The van der Waals surface area contributed by atoms with Gasteiger partial charge in [0.2, 0.25) is 0 Å². The second-order valence-corrected chi connectivity index (χ2v) is 11.7. The number of fused-ring (bicyclic) bond motifs is 6. The summed E-state index contributed by atoms with van der Waals surface area (Å²) in [5, 5.41) is 10.9. The van der Waals surface area contributed by atoms with Crippen LogP contribution in [0.4, 0.5) is 26.3 Å². The van der Waals surface area contributed by atoms with Crippen molar-refractivity contribution in [1.29, 1.82) is 0 Å². The molecule has 0 aliphatic rings. The maximum Gasteiger partial charge on any atom is 0.422 e. The van der Waals surface area contributed by atoms with Crippen LogP contribution < -0.4 is 4.74 Å². The van der Waals surface area contributed by atoms with Gasteiger partial charge in [-0.1, -0.05) is 0 Å². The fourth-order valence-electron chi connectivity index (χ4n) is 4.89. The predicted molar refractivity (Wildman–Crippen MR) is 182 cm³/mol. The van der Waals surface area contributed by atoms with Gasteiger partial charge in [0.25, 0.3) is 0 Å². The SMILES string of the molecule is Brc1cnc2[nH]c3cnc(-c4cccnc4)cc3c2c1.FC(F)(F)COc1cnc2[nH]c3cnc(-c4cccnc4)cc3c2c1.OCC(F)(F)F. The molecule has 0 bridgehead atoms. The Morgan fingerprint density at radius 3 is 1.61 bits per heavy atom. The average molecular weight is 770 g/mol. The number of H-pyrrole nitrogens is 2. The van der Waals surface area contributed by atoms with E-state index in [4.69, 9.17) is 9.84 Å². The second kappa shape index (κ2) is 14.7. The fraction of sp³-hybridized carbons (Fsp3) is 0.118. The quantitative estimate of drug-likeness (QED) is 0.151. The van der Waals surface area contributed by atoms with Crippen LogP contribution >= 0.6 is 15.9 Å². The normalized spacial score (nSPS) is 11.7. The van der Waals surface area contributed by atoms with Crippen LogP contribution in [0, 0.1) is 0 Å². The largest absolute Gasteiger partial charge is 0.482 e. The third kappa shape index (κ3) is 8.74. The van der Waals surface area contributed by atoms with Gasteiger partial charge >= 0.3 is 12.4 Å². The molecule has 0 aromatic carbocycles. The van der Waals surface area contributed by atoms with E-state index in [1.165, 1.54) is 6.20 Å². The lowest BCUT2D eigenvalue weighted by atomic mass is 10.1. The van der Waals surface area contributed by atoms with Crippen molar-refractivity contribution in [2.24, 2.45) is 0 Å². The first-order valence-corrected chi connectivity index (χ1v) is 15.5. The number of aromatic amines is 2. The zero-order valence-electron chi connectivity index (χ0n) is 25.8. The molecule has 0 saturated carbocycles. The fourth-order valence-corrected chi connectivity index (χ4v) is 5.23. The lowest BCUT2D eigenvalue weighted by Gasteiger charge is -2.08. The highest BCUT2D eigenvalue weighted by molar-refractivity contribution is 9.10. The van der Waals surface area contributed by atoms with Crippen LogP contribution in [0.3, 0.4) is 0 Å². The summed E-state index contributed by atoms with van der Waals surface area (Å²) in [6, 6.07) is 15.1. The molecule has 0 aliphatic heterocycles. The van der Waals surface area contributed by atoms with Gasteiger partial charge in [-0.25, -0.2) is 9.97 Å². The van der Waals surface area contributed by atoms with E-state index in [9.17, 15) is 26.3 Å². The van der Waals surface area contributed by atoms with E-state index >= 15 is 0 Å². The zero-order valence-corrected chi connectivity index (χ0v) is 27.4. The van der Waals surface area contributed by atoms with Crippen molar-refractivity contribution in [3.8, 4) is 28.3 Å². The number of aromatic nitrogens is 8. The number of ether oxygens (including phenoxy) is 1. The molecule has 0 radical (unpaired) electrons. The van der Waals surface area contributed by atoms with E-state index in [1.807, 2.05) is 36.7 Å². The van der Waals surface area contributed by atoms with Gasteiger partial charge in [-0.05, 0) is 64.5 Å². The maximum atomic E-state index is 12.3. The Balaban J connectivity index is 0.000000154. The van der Waals surface area contributed by atoms with E-state index in [0.29, 0.717) is 16.7 Å². The van der Waals surface area contributed by atoms with Crippen molar-refractivity contribution in [2.75, 3.05) is 13.2 Å². The number of hydrogen-bond donors (Lipinski definition) is 3. The van der Waals surface area contributed by atoms with Gasteiger partial charge in [0.05, 0.1) is 41.0 Å². The molecule has 0 amide bonds. The van der Waals surface area contributed by atoms with E-state index in [2.05, 4.69) is 67.9 Å². The van der Waals surface area contributed by atoms with Gasteiger partial charge in [0.1, 0.15) is 23.7 Å². The van der Waals surface area contributed by atoms with E-state index in [-0.39, 0.29) is 5.75 Å². The van der Waals surface area contributed by atoms with Crippen LogP contribution in [-0.4, -0.2) is 70.5 Å². The van der Waals surface area contributed by atoms with Crippen LogP contribution in [0.1, 0.15) is 0 Å². The van der Waals surface area contributed by atoms with Gasteiger partial charge in [0.15, 0.2) is 6.61 Å². The molecule has 8 rings (SSSR count). The molecule has 8 heterocycles. The zero-order chi connectivity index (χ0) is 36.2. The Kier molecular flexibility index (Phi) is 10.1. The molecule has 51 heavy (non-hydrogen) atoms. The second-order valence-electron chi connectivity index (χ2n) is 10.8. The van der Waals surface area contributed by atoms with Crippen LogP contribution in [0.25, 0.3) is 66.4 Å². The van der Waals surface area contributed by atoms with E-state index in [0.717, 1.165) is 54.1 Å². The molecule has 8 aromatic heterocycles. The molecule has 0 fully saturated rings. The minimum Gasteiger partial charge on any atom is -0.482 e. The molecule has 260 valence electrons. The number of halogens is 7. The molecular formula is C34H23BrF6N8O2.